The standard InChI is InChI=1S/C19H30N2O/c22-19(18-11-10-13-20-17-18)12-6-3-1-2-4-7-14-21-15-8-5-9-16-21/h10-11,13,17H,1-9,12,14-16H2. The number of Topliss-reactive ketones (excluding diaryl/α,β-unsaturated/α-hetero) is 1. The third kappa shape index (κ3) is 6.69. The van der Waals surface area contributed by atoms with E-state index in [1.165, 1.54) is 71.0 Å². The molecule has 22 heavy (non-hydrogen) atoms. The van der Waals surface area contributed by atoms with Gasteiger partial charge in [-0.3, -0.25) is 9.78 Å². The molecule has 0 aliphatic carbocycles. The Balaban J connectivity index is 1.42. The molecule has 1 aliphatic rings. The quantitative estimate of drug-likeness (QED) is 0.472. The van der Waals surface area contributed by atoms with E-state index in [0.717, 1.165) is 12.0 Å². The molecule has 3 nitrogen and oxygen atoms in total. The van der Waals surface area contributed by atoms with Crippen molar-refractivity contribution in [1.82, 2.24) is 9.88 Å². The fourth-order valence-electron chi connectivity index (χ4n) is 3.18. The average Bonchev–Trinajstić information content (AvgIpc) is 2.59. The number of hydrogen-bond donors (Lipinski definition) is 0. The summed E-state index contributed by atoms with van der Waals surface area (Å²) in [5.41, 5.74) is 0.754. The number of likely N-dealkylation sites (tertiary alicyclic amines) is 1. The van der Waals surface area contributed by atoms with Gasteiger partial charge in [0.2, 0.25) is 0 Å². The lowest BCUT2D eigenvalue weighted by atomic mass is 10.0. The molecule has 0 amide bonds. The SMILES string of the molecule is O=C(CCCCCCCCN1CCCCC1)c1cccnc1. The van der Waals surface area contributed by atoms with Gasteiger partial charge in [-0.1, -0.05) is 32.1 Å². The summed E-state index contributed by atoms with van der Waals surface area (Å²) in [4.78, 5) is 18.5. The minimum atomic E-state index is 0.234. The normalized spacial score (nSPS) is 15.8. The Hall–Kier alpha value is -1.22. The lowest BCUT2D eigenvalue weighted by Gasteiger charge is -2.26. The van der Waals surface area contributed by atoms with Crippen molar-refractivity contribution in [3.05, 3.63) is 30.1 Å². The lowest BCUT2D eigenvalue weighted by Crippen LogP contribution is -2.30. The van der Waals surface area contributed by atoms with Crippen molar-refractivity contribution in [1.29, 1.82) is 0 Å². The molecule has 0 saturated carbocycles. The highest BCUT2D eigenvalue weighted by molar-refractivity contribution is 5.95. The van der Waals surface area contributed by atoms with Crippen LogP contribution in [0.15, 0.2) is 24.5 Å². The average molecular weight is 302 g/mol. The molecule has 3 heteroatoms. The first kappa shape index (κ1) is 17.1. The number of hydrogen-bond acceptors (Lipinski definition) is 3. The lowest BCUT2D eigenvalue weighted by molar-refractivity contribution is 0.0978. The van der Waals surface area contributed by atoms with Crippen molar-refractivity contribution < 1.29 is 4.79 Å². The Kier molecular flexibility index (Phi) is 8.18. The second kappa shape index (κ2) is 10.5. The van der Waals surface area contributed by atoms with Crippen LogP contribution in [0.4, 0.5) is 0 Å². The van der Waals surface area contributed by atoms with Gasteiger partial charge in [-0.05, 0) is 57.5 Å². The minimum absolute atomic E-state index is 0.234. The Labute approximate surface area is 135 Å². The van der Waals surface area contributed by atoms with Crippen LogP contribution < -0.4 is 0 Å². The van der Waals surface area contributed by atoms with E-state index in [-0.39, 0.29) is 5.78 Å². The molecule has 2 heterocycles. The molecule has 2 rings (SSSR count). The summed E-state index contributed by atoms with van der Waals surface area (Å²) in [5, 5.41) is 0. The number of rotatable bonds is 10. The molecule has 1 aromatic heterocycles. The minimum Gasteiger partial charge on any atom is -0.303 e. The number of unbranched alkanes of at least 4 members (excludes halogenated alkanes) is 5. The predicted octanol–water partition coefficient (Wildman–Crippen LogP) is 4.48. The van der Waals surface area contributed by atoms with Crippen LogP contribution in [0, 0.1) is 0 Å². The Bertz CT molecular complexity index is 413. The predicted molar refractivity (Wildman–Crippen MR) is 91.2 cm³/mol. The molecule has 0 N–H and O–H groups in total. The fraction of sp³-hybridized carbons (Fsp3) is 0.684. The van der Waals surface area contributed by atoms with Crippen molar-refractivity contribution in [3.8, 4) is 0 Å². The van der Waals surface area contributed by atoms with E-state index in [1.54, 1.807) is 12.4 Å². The van der Waals surface area contributed by atoms with Crippen LogP contribution in [0.5, 0.6) is 0 Å². The molecule has 1 fully saturated rings. The highest BCUT2D eigenvalue weighted by Gasteiger charge is 2.08. The zero-order chi connectivity index (χ0) is 15.5. The highest BCUT2D eigenvalue weighted by atomic mass is 16.1. The molecule has 1 aromatic rings. The highest BCUT2D eigenvalue weighted by Crippen LogP contribution is 2.12. The fourth-order valence-corrected chi connectivity index (χ4v) is 3.18. The summed E-state index contributed by atoms with van der Waals surface area (Å²) < 4.78 is 0. The van der Waals surface area contributed by atoms with Crippen molar-refractivity contribution in [2.45, 2.75) is 64.2 Å². The van der Waals surface area contributed by atoms with Gasteiger partial charge in [0.1, 0.15) is 0 Å². The number of pyridine rings is 1. The molecule has 122 valence electrons. The Morgan fingerprint density at radius 1 is 1.00 bits per heavy atom. The zero-order valence-electron chi connectivity index (χ0n) is 13.8. The molecule has 0 spiro atoms. The van der Waals surface area contributed by atoms with Gasteiger partial charge in [0.25, 0.3) is 0 Å². The summed E-state index contributed by atoms with van der Waals surface area (Å²) >= 11 is 0. The summed E-state index contributed by atoms with van der Waals surface area (Å²) in [7, 11) is 0. The van der Waals surface area contributed by atoms with Crippen LogP contribution in [0.1, 0.15) is 74.6 Å². The van der Waals surface area contributed by atoms with Crippen molar-refractivity contribution in [2.75, 3.05) is 19.6 Å². The smallest absolute Gasteiger partial charge is 0.164 e. The Morgan fingerprint density at radius 3 is 2.45 bits per heavy atom. The van der Waals surface area contributed by atoms with E-state index in [1.807, 2.05) is 12.1 Å². The monoisotopic (exact) mass is 302 g/mol. The molecule has 0 unspecified atom stereocenters. The van der Waals surface area contributed by atoms with E-state index in [9.17, 15) is 4.79 Å². The number of carbonyl (C=O) groups excluding carboxylic acids is 1. The molecule has 0 bridgehead atoms. The number of carbonyl (C=O) groups is 1. The number of piperidine rings is 1. The molecule has 0 radical (unpaired) electrons. The molecule has 1 saturated heterocycles. The maximum Gasteiger partial charge on any atom is 0.164 e. The maximum atomic E-state index is 11.9. The van der Waals surface area contributed by atoms with Gasteiger partial charge < -0.3 is 4.90 Å². The third-order valence-electron chi connectivity index (χ3n) is 4.56. The molecule has 0 atom stereocenters. The topological polar surface area (TPSA) is 33.2 Å². The molecule has 1 aliphatic heterocycles. The van der Waals surface area contributed by atoms with E-state index < -0.39 is 0 Å². The summed E-state index contributed by atoms with van der Waals surface area (Å²) in [6.07, 6.45) is 15.7. The van der Waals surface area contributed by atoms with Crippen LogP contribution in [-0.2, 0) is 0 Å². The van der Waals surface area contributed by atoms with Crippen LogP contribution >= 0.6 is 0 Å². The second-order valence-electron chi connectivity index (χ2n) is 6.44. The second-order valence-corrected chi connectivity index (χ2v) is 6.44. The summed E-state index contributed by atoms with van der Waals surface area (Å²) in [5.74, 6) is 0.234. The van der Waals surface area contributed by atoms with Crippen LogP contribution in [0.3, 0.4) is 0 Å². The zero-order valence-corrected chi connectivity index (χ0v) is 13.8. The maximum absolute atomic E-state index is 11.9. The molecular formula is C19H30N2O. The van der Waals surface area contributed by atoms with Gasteiger partial charge in [0.05, 0.1) is 0 Å². The van der Waals surface area contributed by atoms with Gasteiger partial charge in [-0.25, -0.2) is 0 Å². The molecule has 0 aromatic carbocycles. The van der Waals surface area contributed by atoms with Crippen molar-refractivity contribution >= 4 is 5.78 Å². The van der Waals surface area contributed by atoms with E-state index in [0.29, 0.717) is 6.42 Å². The van der Waals surface area contributed by atoms with E-state index >= 15 is 0 Å². The largest absolute Gasteiger partial charge is 0.303 e. The van der Waals surface area contributed by atoms with Crippen molar-refractivity contribution in [2.24, 2.45) is 0 Å². The first-order valence-corrected chi connectivity index (χ1v) is 9.02. The van der Waals surface area contributed by atoms with Gasteiger partial charge in [0, 0.05) is 24.4 Å². The van der Waals surface area contributed by atoms with Crippen molar-refractivity contribution in [3.63, 3.8) is 0 Å². The van der Waals surface area contributed by atoms with Gasteiger partial charge in [-0.15, -0.1) is 0 Å². The first-order valence-electron chi connectivity index (χ1n) is 9.02. The summed E-state index contributed by atoms with van der Waals surface area (Å²) in [6.45, 7) is 3.92. The van der Waals surface area contributed by atoms with E-state index in [4.69, 9.17) is 0 Å². The first-order chi connectivity index (χ1) is 10.9. The van der Waals surface area contributed by atoms with Crippen LogP contribution in [0.2, 0.25) is 0 Å². The molecular weight excluding hydrogens is 272 g/mol. The third-order valence-corrected chi connectivity index (χ3v) is 4.56. The summed E-state index contributed by atoms with van der Waals surface area (Å²) in [6, 6.07) is 3.69. The van der Waals surface area contributed by atoms with Gasteiger partial charge >= 0.3 is 0 Å². The number of aromatic nitrogens is 1. The Morgan fingerprint density at radius 2 is 1.73 bits per heavy atom. The van der Waals surface area contributed by atoms with E-state index in [2.05, 4.69) is 9.88 Å². The van der Waals surface area contributed by atoms with Crippen LogP contribution in [-0.4, -0.2) is 35.3 Å². The van der Waals surface area contributed by atoms with Gasteiger partial charge in [0.15, 0.2) is 5.78 Å². The van der Waals surface area contributed by atoms with Gasteiger partial charge in [-0.2, -0.15) is 0 Å². The number of ketones is 1. The van der Waals surface area contributed by atoms with Crippen LogP contribution in [0.25, 0.3) is 0 Å². The number of nitrogens with zero attached hydrogens (tertiary/aromatic N) is 2.